The first-order valence-electron chi connectivity index (χ1n) is 4.01. The molecule has 0 bridgehead atoms. The maximum Gasteiger partial charge on any atom is 0.213 e. The van der Waals surface area contributed by atoms with Crippen LogP contribution in [0.25, 0.3) is 10.9 Å². The lowest BCUT2D eigenvalue weighted by molar-refractivity contribution is 0.399. The van der Waals surface area contributed by atoms with E-state index in [1.54, 1.807) is 7.11 Å². The smallest absolute Gasteiger partial charge is 0.213 e. The van der Waals surface area contributed by atoms with Crippen LogP contribution in [0.15, 0.2) is 24.3 Å². The number of pyridine rings is 1. The molecule has 1 aromatic heterocycles. The maximum atomic E-state index is 6.04. The summed E-state index contributed by atoms with van der Waals surface area (Å²) in [5.74, 6) is 0.609. The Morgan fingerprint density at radius 3 is 2.79 bits per heavy atom. The highest BCUT2D eigenvalue weighted by Gasteiger charge is 2.05. The van der Waals surface area contributed by atoms with E-state index in [4.69, 9.17) is 16.3 Å². The predicted octanol–water partition coefficient (Wildman–Crippen LogP) is 3.50. The van der Waals surface area contributed by atoms with E-state index < -0.39 is 0 Å². The summed E-state index contributed by atoms with van der Waals surface area (Å²) in [5, 5.41) is 1.68. The summed E-state index contributed by atoms with van der Waals surface area (Å²) in [5.41, 5.74) is 0.887. The van der Waals surface area contributed by atoms with E-state index in [0.29, 0.717) is 5.88 Å². The standard InChI is InChI=1S/C10H7ClINO/c1-14-9-5-2-6-7(11)3-4-8(12)10(6)13-9/h2-5H,1H3. The van der Waals surface area contributed by atoms with Gasteiger partial charge in [0.15, 0.2) is 0 Å². The molecule has 0 fully saturated rings. The van der Waals surface area contributed by atoms with Gasteiger partial charge in [0.05, 0.1) is 17.6 Å². The van der Waals surface area contributed by atoms with Crippen LogP contribution in [0.1, 0.15) is 0 Å². The second-order valence-corrected chi connectivity index (χ2v) is 4.35. The van der Waals surface area contributed by atoms with Crippen LogP contribution in [0.3, 0.4) is 0 Å². The fourth-order valence-corrected chi connectivity index (χ4v) is 2.05. The van der Waals surface area contributed by atoms with Gasteiger partial charge in [-0.05, 0) is 40.8 Å². The van der Waals surface area contributed by atoms with E-state index in [0.717, 1.165) is 19.5 Å². The first kappa shape index (κ1) is 9.98. The second kappa shape index (κ2) is 3.90. The van der Waals surface area contributed by atoms with Gasteiger partial charge in [0, 0.05) is 15.0 Å². The Kier molecular flexibility index (Phi) is 2.78. The van der Waals surface area contributed by atoms with Crippen LogP contribution in [0.4, 0.5) is 0 Å². The normalized spacial score (nSPS) is 10.5. The fourth-order valence-electron chi connectivity index (χ4n) is 1.24. The summed E-state index contributed by atoms with van der Waals surface area (Å²) >= 11 is 8.27. The molecule has 0 aliphatic heterocycles. The molecule has 1 heterocycles. The minimum Gasteiger partial charge on any atom is -0.481 e. The molecule has 4 heteroatoms. The molecule has 2 aromatic rings. The number of ether oxygens (including phenoxy) is 1. The first-order valence-corrected chi connectivity index (χ1v) is 5.47. The number of methoxy groups -OCH3 is 1. The van der Waals surface area contributed by atoms with Crippen molar-refractivity contribution in [2.75, 3.05) is 7.11 Å². The number of rotatable bonds is 1. The van der Waals surface area contributed by atoms with E-state index in [-0.39, 0.29) is 0 Å². The highest BCUT2D eigenvalue weighted by atomic mass is 127. The second-order valence-electron chi connectivity index (χ2n) is 2.78. The molecular formula is C10H7ClINO. The minimum atomic E-state index is 0.609. The number of fused-ring (bicyclic) bond motifs is 1. The fraction of sp³-hybridized carbons (Fsp3) is 0.100. The van der Waals surface area contributed by atoms with Crippen molar-refractivity contribution in [1.82, 2.24) is 4.98 Å². The number of benzene rings is 1. The number of nitrogens with zero attached hydrogens (tertiary/aromatic N) is 1. The third kappa shape index (κ3) is 1.66. The predicted molar refractivity (Wildman–Crippen MR) is 66.0 cm³/mol. The van der Waals surface area contributed by atoms with Gasteiger partial charge in [-0.1, -0.05) is 11.6 Å². The molecule has 0 spiro atoms. The van der Waals surface area contributed by atoms with Gasteiger partial charge in [0.1, 0.15) is 0 Å². The van der Waals surface area contributed by atoms with Crippen molar-refractivity contribution >= 4 is 45.1 Å². The van der Waals surface area contributed by atoms with Crippen molar-refractivity contribution in [3.05, 3.63) is 32.9 Å². The summed E-state index contributed by atoms with van der Waals surface area (Å²) in [6.45, 7) is 0. The van der Waals surface area contributed by atoms with Gasteiger partial charge in [-0.25, -0.2) is 4.98 Å². The number of hydrogen-bond donors (Lipinski definition) is 0. The zero-order valence-corrected chi connectivity index (χ0v) is 10.3. The van der Waals surface area contributed by atoms with E-state index in [1.165, 1.54) is 0 Å². The molecule has 0 unspecified atom stereocenters. The molecular weight excluding hydrogens is 312 g/mol. The van der Waals surface area contributed by atoms with Crippen LogP contribution in [-0.2, 0) is 0 Å². The SMILES string of the molecule is COc1ccc2c(Cl)ccc(I)c2n1. The maximum absolute atomic E-state index is 6.04. The van der Waals surface area contributed by atoms with Gasteiger partial charge >= 0.3 is 0 Å². The zero-order valence-electron chi connectivity index (χ0n) is 7.42. The average Bonchev–Trinajstić information content (AvgIpc) is 2.23. The van der Waals surface area contributed by atoms with Gasteiger partial charge in [-0.15, -0.1) is 0 Å². The lowest BCUT2D eigenvalue weighted by atomic mass is 10.2. The number of halogens is 2. The van der Waals surface area contributed by atoms with Crippen molar-refractivity contribution in [3.63, 3.8) is 0 Å². The Morgan fingerprint density at radius 1 is 1.29 bits per heavy atom. The zero-order chi connectivity index (χ0) is 10.1. The van der Waals surface area contributed by atoms with Crippen LogP contribution < -0.4 is 4.74 Å². The lowest BCUT2D eigenvalue weighted by Crippen LogP contribution is -1.89. The Morgan fingerprint density at radius 2 is 2.07 bits per heavy atom. The van der Waals surface area contributed by atoms with E-state index in [9.17, 15) is 0 Å². The molecule has 0 N–H and O–H groups in total. The van der Waals surface area contributed by atoms with Crippen molar-refractivity contribution in [3.8, 4) is 5.88 Å². The largest absolute Gasteiger partial charge is 0.481 e. The number of aromatic nitrogens is 1. The Bertz CT molecular complexity index is 487. The highest BCUT2D eigenvalue weighted by molar-refractivity contribution is 14.1. The molecule has 0 atom stereocenters. The Balaban J connectivity index is 2.80. The molecule has 2 nitrogen and oxygen atoms in total. The Hall–Kier alpha value is -0.550. The van der Waals surface area contributed by atoms with Crippen LogP contribution in [0.2, 0.25) is 5.02 Å². The van der Waals surface area contributed by atoms with Gasteiger partial charge in [0.2, 0.25) is 5.88 Å². The van der Waals surface area contributed by atoms with Crippen LogP contribution in [0, 0.1) is 3.57 Å². The molecule has 0 aliphatic rings. The number of hydrogen-bond acceptors (Lipinski definition) is 2. The molecule has 1 aromatic carbocycles. The molecule has 0 saturated carbocycles. The third-order valence-corrected chi connectivity index (χ3v) is 3.14. The molecule has 72 valence electrons. The lowest BCUT2D eigenvalue weighted by Gasteiger charge is -2.04. The molecule has 0 aliphatic carbocycles. The Labute approximate surface area is 100 Å². The minimum absolute atomic E-state index is 0.609. The summed E-state index contributed by atoms with van der Waals surface area (Å²) in [4.78, 5) is 4.34. The van der Waals surface area contributed by atoms with Crippen LogP contribution in [-0.4, -0.2) is 12.1 Å². The topological polar surface area (TPSA) is 22.1 Å². The summed E-state index contributed by atoms with van der Waals surface area (Å²) in [7, 11) is 1.60. The highest BCUT2D eigenvalue weighted by Crippen LogP contribution is 2.27. The van der Waals surface area contributed by atoms with Gasteiger partial charge in [-0.2, -0.15) is 0 Å². The van der Waals surface area contributed by atoms with E-state index in [1.807, 2.05) is 24.3 Å². The molecule has 2 rings (SSSR count). The van der Waals surface area contributed by atoms with Gasteiger partial charge < -0.3 is 4.74 Å². The molecule has 0 amide bonds. The summed E-state index contributed by atoms with van der Waals surface area (Å²) in [6.07, 6.45) is 0. The third-order valence-electron chi connectivity index (χ3n) is 1.94. The molecule has 0 saturated heterocycles. The van der Waals surface area contributed by atoms with Crippen molar-refractivity contribution in [1.29, 1.82) is 0 Å². The van der Waals surface area contributed by atoms with Gasteiger partial charge in [-0.3, -0.25) is 0 Å². The van der Waals surface area contributed by atoms with Crippen molar-refractivity contribution in [2.24, 2.45) is 0 Å². The quantitative estimate of drug-likeness (QED) is 0.751. The van der Waals surface area contributed by atoms with Crippen LogP contribution >= 0.6 is 34.2 Å². The van der Waals surface area contributed by atoms with Crippen molar-refractivity contribution < 1.29 is 4.74 Å². The first-order chi connectivity index (χ1) is 6.72. The summed E-state index contributed by atoms with van der Waals surface area (Å²) in [6, 6.07) is 7.55. The monoisotopic (exact) mass is 319 g/mol. The average molecular weight is 320 g/mol. The molecule has 14 heavy (non-hydrogen) atoms. The van der Waals surface area contributed by atoms with Gasteiger partial charge in [0.25, 0.3) is 0 Å². The van der Waals surface area contributed by atoms with Crippen LogP contribution in [0.5, 0.6) is 5.88 Å². The summed E-state index contributed by atoms with van der Waals surface area (Å²) < 4.78 is 6.13. The van der Waals surface area contributed by atoms with Crippen molar-refractivity contribution in [2.45, 2.75) is 0 Å². The van der Waals surface area contributed by atoms with E-state index in [2.05, 4.69) is 27.6 Å². The van der Waals surface area contributed by atoms with E-state index >= 15 is 0 Å². The molecule has 0 radical (unpaired) electrons.